The molecule has 1 fully saturated rings. The van der Waals surface area contributed by atoms with E-state index < -0.39 is 0 Å². The minimum atomic E-state index is 0.447. The van der Waals surface area contributed by atoms with E-state index in [1.807, 2.05) is 11.8 Å². The molecular weight excluding hydrogens is 214 g/mol. The highest BCUT2D eigenvalue weighted by Gasteiger charge is 2.32. The van der Waals surface area contributed by atoms with Crippen molar-refractivity contribution in [3.05, 3.63) is 29.8 Å². The number of benzene rings is 1. The average molecular weight is 233 g/mol. The number of fused-ring (bicyclic) bond motifs is 1. The third kappa shape index (κ3) is 1.89. The van der Waals surface area contributed by atoms with Crippen LogP contribution in [0.25, 0.3) is 0 Å². The highest BCUT2D eigenvalue weighted by Crippen LogP contribution is 2.40. The lowest BCUT2D eigenvalue weighted by Gasteiger charge is -2.40. The molecule has 1 aromatic carbocycles. The highest BCUT2D eigenvalue weighted by molar-refractivity contribution is 7.99. The Morgan fingerprint density at radius 1 is 1.38 bits per heavy atom. The predicted octanol–water partition coefficient (Wildman–Crippen LogP) is 3.41. The molecule has 16 heavy (non-hydrogen) atoms. The monoisotopic (exact) mass is 233 g/mol. The molecule has 1 unspecified atom stereocenters. The number of thioether (sulfide) groups is 1. The zero-order valence-corrected chi connectivity index (χ0v) is 10.6. The van der Waals surface area contributed by atoms with Crippen molar-refractivity contribution in [1.82, 2.24) is 5.32 Å². The molecule has 0 saturated heterocycles. The van der Waals surface area contributed by atoms with Gasteiger partial charge in [-0.2, -0.15) is 0 Å². The van der Waals surface area contributed by atoms with E-state index in [1.165, 1.54) is 29.9 Å². The fraction of sp³-hybridized carbons (Fsp3) is 0.571. The minimum absolute atomic E-state index is 0.447. The van der Waals surface area contributed by atoms with E-state index in [0.717, 1.165) is 12.5 Å². The average Bonchev–Trinajstić information content (AvgIpc) is 2.67. The molecule has 0 spiro atoms. The third-order valence-corrected chi connectivity index (χ3v) is 5.28. The lowest BCUT2D eigenvalue weighted by atomic mass is 9.78. The second-order valence-corrected chi connectivity index (χ2v) is 6.40. The Kier molecular flexibility index (Phi) is 2.72. The second-order valence-electron chi connectivity index (χ2n) is 5.34. The van der Waals surface area contributed by atoms with E-state index in [2.05, 4.69) is 36.5 Å². The summed E-state index contributed by atoms with van der Waals surface area (Å²) in [5.74, 6) is 1.97. The zero-order valence-electron chi connectivity index (χ0n) is 9.83. The first-order valence-electron chi connectivity index (χ1n) is 6.24. The van der Waals surface area contributed by atoms with Gasteiger partial charge in [0.1, 0.15) is 0 Å². The van der Waals surface area contributed by atoms with Gasteiger partial charge >= 0.3 is 0 Å². The van der Waals surface area contributed by atoms with E-state index in [9.17, 15) is 0 Å². The fourth-order valence-electron chi connectivity index (χ4n) is 2.65. The smallest absolute Gasteiger partial charge is 0.0153 e. The van der Waals surface area contributed by atoms with Crippen LogP contribution in [0.5, 0.6) is 0 Å². The molecular formula is C14H19NS. The molecule has 1 N–H and O–H groups in total. The summed E-state index contributed by atoms with van der Waals surface area (Å²) >= 11 is 2.01. The lowest BCUT2D eigenvalue weighted by molar-refractivity contribution is 0.206. The van der Waals surface area contributed by atoms with E-state index >= 15 is 0 Å². The molecule has 2 heteroatoms. The van der Waals surface area contributed by atoms with Gasteiger partial charge in [0.05, 0.1) is 0 Å². The maximum absolute atomic E-state index is 3.76. The first kappa shape index (κ1) is 10.7. The van der Waals surface area contributed by atoms with Crippen LogP contribution in [-0.2, 0) is 0 Å². The maximum Gasteiger partial charge on any atom is 0.0153 e. The van der Waals surface area contributed by atoms with Crippen molar-refractivity contribution in [2.75, 3.05) is 12.3 Å². The molecule has 1 atom stereocenters. The summed E-state index contributed by atoms with van der Waals surface area (Å²) in [6, 6.07) is 8.87. The predicted molar refractivity (Wildman–Crippen MR) is 70.2 cm³/mol. The van der Waals surface area contributed by atoms with E-state index in [0.29, 0.717) is 5.54 Å². The molecule has 2 aliphatic rings. The van der Waals surface area contributed by atoms with E-state index in [4.69, 9.17) is 0 Å². The molecule has 86 valence electrons. The fourth-order valence-corrected chi connectivity index (χ4v) is 3.91. The standard InChI is InChI=1S/C14H19NS/c1-14(7-4-8-14)15-9-11-10-16-13-6-3-2-5-12(11)13/h2-3,5-6,11,15H,4,7-10H2,1H3. The Balaban J connectivity index is 1.65. The van der Waals surface area contributed by atoms with Gasteiger partial charge in [-0.15, -0.1) is 11.8 Å². The van der Waals surface area contributed by atoms with Crippen molar-refractivity contribution < 1.29 is 0 Å². The summed E-state index contributed by atoms with van der Waals surface area (Å²) in [7, 11) is 0. The van der Waals surface area contributed by atoms with Crippen LogP contribution < -0.4 is 5.32 Å². The second kappa shape index (κ2) is 4.08. The van der Waals surface area contributed by atoms with Crippen molar-refractivity contribution in [2.24, 2.45) is 0 Å². The van der Waals surface area contributed by atoms with Crippen LogP contribution in [0.2, 0.25) is 0 Å². The molecule has 1 aliphatic carbocycles. The van der Waals surface area contributed by atoms with Crippen LogP contribution in [0.15, 0.2) is 29.2 Å². The zero-order chi connectivity index (χ0) is 11.0. The molecule has 1 aliphatic heterocycles. The Morgan fingerprint density at radius 3 is 2.94 bits per heavy atom. The Labute approximate surface area is 102 Å². The first-order valence-corrected chi connectivity index (χ1v) is 7.22. The minimum Gasteiger partial charge on any atom is -0.311 e. The molecule has 0 amide bonds. The summed E-state index contributed by atoms with van der Waals surface area (Å²) in [6.45, 7) is 3.52. The summed E-state index contributed by atoms with van der Waals surface area (Å²) < 4.78 is 0. The van der Waals surface area contributed by atoms with Gasteiger partial charge in [-0.25, -0.2) is 0 Å². The molecule has 1 saturated carbocycles. The van der Waals surface area contributed by atoms with Crippen LogP contribution in [0.4, 0.5) is 0 Å². The first-order chi connectivity index (χ1) is 7.77. The van der Waals surface area contributed by atoms with Crippen molar-refractivity contribution in [3.8, 4) is 0 Å². The van der Waals surface area contributed by atoms with Gasteiger partial charge in [-0.05, 0) is 37.8 Å². The highest BCUT2D eigenvalue weighted by atomic mass is 32.2. The van der Waals surface area contributed by atoms with Crippen molar-refractivity contribution in [3.63, 3.8) is 0 Å². The van der Waals surface area contributed by atoms with Crippen molar-refractivity contribution in [1.29, 1.82) is 0 Å². The lowest BCUT2D eigenvalue weighted by Crippen LogP contribution is -2.49. The van der Waals surface area contributed by atoms with Gasteiger partial charge in [-0.1, -0.05) is 18.2 Å². The van der Waals surface area contributed by atoms with E-state index in [1.54, 1.807) is 5.56 Å². The SMILES string of the molecule is CC1(NCC2CSc3ccccc32)CCC1. The largest absolute Gasteiger partial charge is 0.311 e. The number of hydrogen-bond acceptors (Lipinski definition) is 2. The molecule has 0 bridgehead atoms. The van der Waals surface area contributed by atoms with Crippen LogP contribution in [0.1, 0.15) is 37.7 Å². The normalized spacial score (nSPS) is 26.2. The maximum atomic E-state index is 3.76. The van der Waals surface area contributed by atoms with Gasteiger partial charge in [0.25, 0.3) is 0 Å². The summed E-state index contributed by atoms with van der Waals surface area (Å²) in [5.41, 5.74) is 2.00. The summed E-state index contributed by atoms with van der Waals surface area (Å²) in [6.07, 6.45) is 4.11. The molecule has 1 aromatic rings. The molecule has 1 heterocycles. The van der Waals surface area contributed by atoms with Crippen molar-refractivity contribution >= 4 is 11.8 Å². The topological polar surface area (TPSA) is 12.0 Å². The quantitative estimate of drug-likeness (QED) is 0.858. The van der Waals surface area contributed by atoms with Crippen LogP contribution in [0, 0.1) is 0 Å². The number of hydrogen-bond donors (Lipinski definition) is 1. The molecule has 0 aromatic heterocycles. The molecule has 3 rings (SSSR count). The molecule has 0 radical (unpaired) electrons. The number of nitrogens with one attached hydrogen (secondary N) is 1. The van der Waals surface area contributed by atoms with Gasteiger partial charge in [0.15, 0.2) is 0 Å². The van der Waals surface area contributed by atoms with Gasteiger partial charge in [-0.3, -0.25) is 0 Å². The molecule has 1 nitrogen and oxygen atoms in total. The van der Waals surface area contributed by atoms with Gasteiger partial charge < -0.3 is 5.32 Å². The van der Waals surface area contributed by atoms with Crippen molar-refractivity contribution in [2.45, 2.75) is 42.5 Å². The van der Waals surface area contributed by atoms with Gasteiger partial charge in [0, 0.05) is 28.6 Å². The van der Waals surface area contributed by atoms with Crippen LogP contribution in [-0.4, -0.2) is 17.8 Å². The summed E-state index contributed by atoms with van der Waals surface area (Å²) in [4.78, 5) is 1.49. The number of rotatable bonds is 3. The summed E-state index contributed by atoms with van der Waals surface area (Å²) in [5, 5.41) is 3.76. The van der Waals surface area contributed by atoms with Gasteiger partial charge in [0.2, 0.25) is 0 Å². The Hall–Kier alpha value is -0.470. The third-order valence-electron chi connectivity index (χ3n) is 4.03. The Morgan fingerprint density at radius 2 is 2.19 bits per heavy atom. The van der Waals surface area contributed by atoms with E-state index in [-0.39, 0.29) is 0 Å². The van der Waals surface area contributed by atoms with Crippen LogP contribution >= 0.6 is 11.8 Å². The van der Waals surface area contributed by atoms with Crippen LogP contribution in [0.3, 0.4) is 0 Å². The Bertz CT molecular complexity index is 384.